The molecule has 2 amide bonds. The van der Waals surface area contributed by atoms with Crippen molar-refractivity contribution in [3.8, 4) is 16.9 Å². The number of hydrogen-bond acceptors (Lipinski definition) is 6. The molecule has 6 rings (SSSR count). The molecule has 8 nitrogen and oxygen atoms in total. The molecular weight excluding hydrogens is 566 g/mol. The maximum atomic E-state index is 16.4. The summed E-state index contributed by atoms with van der Waals surface area (Å²) in [6.45, 7) is 5.54. The van der Waals surface area contributed by atoms with E-state index in [1.165, 1.54) is 25.3 Å². The summed E-state index contributed by atoms with van der Waals surface area (Å²) < 4.78 is 41.2. The van der Waals surface area contributed by atoms with Crippen molar-refractivity contribution in [3.63, 3.8) is 0 Å². The molecule has 0 bridgehead atoms. The van der Waals surface area contributed by atoms with Gasteiger partial charge in [0.05, 0.1) is 23.6 Å². The maximum Gasteiger partial charge on any atom is 0.255 e. The number of aryl methyl sites for hydroxylation is 3. The monoisotopic (exact) mass is 596 g/mol. The van der Waals surface area contributed by atoms with E-state index in [0.717, 1.165) is 11.4 Å². The van der Waals surface area contributed by atoms with Crippen LogP contribution in [0.15, 0.2) is 59.0 Å². The van der Waals surface area contributed by atoms with Crippen molar-refractivity contribution in [1.82, 2.24) is 15.3 Å². The molecule has 1 aliphatic rings. The molecular formula is C34H30F2N4O4. The van der Waals surface area contributed by atoms with Crippen LogP contribution in [0.3, 0.4) is 0 Å². The number of amides is 2. The van der Waals surface area contributed by atoms with Gasteiger partial charge >= 0.3 is 0 Å². The number of hydrogen-bond donors (Lipinski definition) is 2. The van der Waals surface area contributed by atoms with Crippen LogP contribution in [0.5, 0.6) is 5.75 Å². The molecule has 0 saturated heterocycles. The van der Waals surface area contributed by atoms with E-state index in [0.29, 0.717) is 41.1 Å². The van der Waals surface area contributed by atoms with E-state index in [-0.39, 0.29) is 39.8 Å². The number of furan rings is 1. The number of halogens is 2. The predicted molar refractivity (Wildman–Crippen MR) is 161 cm³/mol. The zero-order chi connectivity index (χ0) is 31.3. The van der Waals surface area contributed by atoms with Gasteiger partial charge in [0.15, 0.2) is 5.82 Å². The number of carbonyl (C=O) groups is 2. The quantitative estimate of drug-likeness (QED) is 0.220. The standard InChI is InChI=1S/C34H30F2N4O4/c1-17-13-26(43-4)24(32(42)40-34(11-12-34)33-38-18(2)14-19(3)39-33)16-23(17)22-9-10-25-28(30(22)36)29(31(37)41)27(44-25)15-20-5-7-21(35)8-6-20/h5-10,13-14,16H,11-12,15H2,1-4H3,(H2,37,41)(H,40,42). The average molecular weight is 597 g/mol. The number of methoxy groups -OCH3 is 1. The number of nitrogens with zero attached hydrogens (tertiary/aromatic N) is 2. The van der Waals surface area contributed by atoms with Gasteiger partial charge in [-0.3, -0.25) is 9.59 Å². The summed E-state index contributed by atoms with van der Waals surface area (Å²) in [5.41, 5.74) is 8.81. The van der Waals surface area contributed by atoms with Crippen molar-refractivity contribution < 1.29 is 27.5 Å². The van der Waals surface area contributed by atoms with Gasteiger partial charge in [0.1, 0.15) is 34.3 Å². The number of aromatic nitrogens is 2. The predicted octanol–water partition coefficient (Wildman–Crippen LogP) is 6.21. The molecule has 2 aromatic heterocycles. The highest BCUT2D eigenvalue weighted by molar-refractivity contribution is 6.08. The lowest BCUT2D eigenvalue weighted by atomic mass is 9.94. The van der Waals surface area contributed by atoms with Crippen LogP contribution in [0.2, 0.25) is 0 Å². The highest BCUT2D eigenvalue weighted by Crippen LogP contribution is 2.45. The molecule has 1 fully saturated rings. The van der Waals surface area contributed by atoms with Gasteiger partial charge in [-0.25, -0.2) is 18.7 Å². The fourth-order valence-corrected chi connectivity index (χ4v) is 5.65. The minimum atomic E-state index is -0.855. The van der Waals surface area contributed by atoms with Crippen molar-refractivity contribution in [2.45, 2.75) is 45.6 Å². The Morgan fingerprint density at radius 1 is 0.977 bits per heavy atom. The molecule has 0 atom stereocenters. The maximum absolute atomic E-state index is 16.4. The summed E-state index contributed by atoms with van der Waals surface area (Å²) in [5, 5.41) is 3.03. The molecule has 0 aliphatic heterocycles. The zero-order valence-electron chi connectivity index (χ0n) is 24.7. The minimum absolute atomic E-state index is 0.0581. The number of nitrogens with two attached hydrogens (primary N) is 1. The lowest BCUT2D eigenvalue weighted by Gasteiger charge is -2.19. The molecule has 10 heteroatoms. The zero-order valence-corrected chi connectivity index (χ0v) is 24.7. The van der Waals surface area contributed by atoms with Crippen molar-refractivity contribution in [2.75, 3.05) is 7.11 Å². The van der Waals surface area contributed by atoms with Crippen LogP contribution in [0.25, 0.3) is 22.1 Å². The van der Waals surface area contributed by atoms with E-state index in [2.05, 4.69) is 15.3 Å². The third-order valence-corrected chi connectivity index (χ3v) is 7.98. The molecule has 0 spiro atoms. The Balaban J connectivity index is 1.41. The number of fused-ring (bicyclic) bond motifs is 1. The van der Waals surface area contributed by atoms with Crippen LogP contribution in [0.4, 0.5) is 8.78 Å². The topological polar surface area (TPSA) is 120 Å². The SMILES string of the molecule is COc1cc(C)c(-c2ccc3oc(Cc4ccc(F)cc4)c(C(N)=O)c3c2F)cc1C(=O)NC1(c2nc(C)cc(C)n2)CC1. The van der Waals surface area contributed by atoms with E-state index in [4.69, 9.17) is 14.9 Å². The fraction of sp³-hybridized carbons (Fsp3) is 0.235. The Bertz CT molecular complexity index is 1940. The van der Waals surface area contributed by atoms with Crippen LogP contribution in [0, 0.1) is 32.4 Å². The van der Waals surface area contributed by atoms with Crippen LogP contribution in [-0.4, -0.2) is 28.9 Å². The van der Waals surface area contributed by atoms with Gasteiger partial charge in [-0.05, 0) is 92.8 Å². The summed E-state index contributed by atoms with van der Waals surface area (Å²) in [5.74, 6) is -1.33. The van der Waals surface area contributed by atoms with Crippen LogP contribution < -0.4 is 15.8 Å². The molecule has 3 aromatic carbocycles. The second-order valence-corrected chi connectivity index (χ2v) is 11.2. The third kappa shape index (κ3) is 5.16. The van der Waals surface area contributed by atoms with Gasteiger partial charge in [0, 0.05) is 23.4 Å². The summed E-state index contributed by atoms with van der Waals surface area (Å²) in [6.07, 6.45) is 1.48. The summed E-state index contributed by atoms with van der Waals surface area (Å²) >= 11 is 0. The van der Waals surface area contributed by atoms with Crippen molar-refractivity contribution in [1.29, 1.82) is 0 Å². The molecule has 0 unspecified atom stereocenters. The highest BCUT2D eigenvalue weighted by atomic mass is 19.1. The minimum Gasteiger partial charge on any atom is -0.496 e. The lowest BCUT2D eigenvalue weighted by molar-refractivity contribution is 0.0924. The van der Waals surface area contributed by atoms with Gasteiger partial charge < -0.3 is 20.2 Å². The normalized spacial score (nSPS) is 13.6. The number of nitrogens with one attached hydrogen (secondary N) is 1. The number of benzene rings is 3. The Morgan fingerprint density at radius 3 is 2.27 bits per heavy atom. The van der Waals surface area contributed by atoms with Crippen LogP contribution in [0.1, 0.15) is 67.7 Å². The largest absolute Gasteiger partial charge is 0.496 e. The molecule has 2 heterocycles. The van der Waals surface area contributed by atoms with Crippen LogP contribution in [-0.2, 0) is 12.0 Å². The fourth-order valence-electron chi connectivity index (χ4n) is 5.65. The van der Waals surface area contributed by atoms with Crippen molar-refractivity contribution in [2.24, 2.45) is 5.73 Å². The summed E-state index contributed by atoms with van der Waals surface area (Å²) in [7, 11) is 1.46. The molecule has 1 aliphatic carbocycles. The Kier molecular flexibility index (Phi) is 7.15. The smallest absolute Gasteiger partial charge is 0.255 e. The van der Waals surface area contributed by atoms with Crippen molar-refractivity contribution >= 4 is 22.8 Å². The van der Waals surface area contributed by atoms with Gasteiger partial charge in [0.2, 0.25) is 0 Å². The van der Waals surface area contributed by atoms with E-state index in [9.17, 15) is 14.0 Å². The molecule has 3 N–H and O–H groups in total. The second kappa shape index (κ2) is 10.9. The average Bonchev–Trinajstić information content (AvgIpc) is 3.66. The first-order valence-corrected chi connectivity index (χ1v) is 14.1. The molecule has 0 radical (unpaired) electrons. The van der Waals surface area contributed by atoms with Crippen LogP contribution >= 0.6 is 0 Å². The Hall–Kier alpha value is -5.12. The number of rotatable bonds is 8. The molecule has 5 aromatic rings. The van der Waals surface area contributed by atoms with E-state index in [1.807, 2.05) is 19.9 Å². The summed E-state index contributed by atoms with van der Waals surface area (Å²) in [6, 6.07) is 13.9. The molecule has 1 saturated carbocycles. The number of carbonyl (C=O) groups excluding carboxylic acids is 2. The van der Waals surface area contributed by atoms with Crippen molar-refractivity contribution in [3.05, 3.63) is 111 Å². The van der Waals surface area contributed by atoms with E-state index < -0.39 is 29.0 Å². The van der Waals surface area contributed by atoms with Gasteiger partial charge in [-0.1, -0.05) is 12.1 Å². The Labute approximate surface area is 252 Å². The molecule has 224 valence electrons. The first-order valence-electron chi connectivity index (χ1n) is 14.1. The number of primary amides is 1. The lowest BCUT2D eigenvalue weighted by Crippen LogP contribution is -2.36. The first-order chi connectivity index (χ1) is 21.0. The Morgan fingerprint density at radius 2 is 1.66 bits per heavy atom. The first kappa shape index (κ1) is 29.0. The van der Waals surface area contributed by atoms with Gasteiger partial charge in [0.25, 0.3) is 11.8 Å². The number of ether oxygens (including phenoxy) is 1. The third-order valence-electron chi connectivity index (χ3n) is 7.98. The second-order valence-electron chi connectivity index (χ2n) is 11.2. The van der Waals surface area contributed by atoms with E-state index >= 15 is 4.39 Å². The highest BCUT2D eigenvalue weighted by Gasteiger charge is 2.49. The van der Waals surface area contributed by atoms with Gasteiger partial charge in [-0.15, -0.1) is 0 Å². The molecule has 44 heavy (non-hydrogen) atoms. The summed E-state index contributed by atoms with van der Waals surface area (Å²) in [4.78, 5) is 35.4. The van der Waals surface area contributed by atoms with E-state index in [1.54, 1.807) is 37.3 Å². The van der Waals surface area contributed by atoms with Gasteiger partial charge in [-0.2, -0.15) is 0 Å².